The number of hydrogen-bond acceptors (Lipinski definition) is 3. The summed E-state index contributed by atoms with van der Waals surface area (Å²) in [7, 11) is 0. The summed E-state index contributed by atoms with van der Waals surface area (Å²) in [4.78, 5) is 2.31. The molecule has 3 aromatic rings. The molecular weight excluding hydrogens is 278 g/mol. The van der Waals surface area contributed by atoms with Gasteiger partial charge in [-0.05, 0) is 36.1 Å². The molecule has 0 unspecified atom stereocenters. The van der Waals surface area contributed by atoms with Gasteiger partial charge in [-0.3, -0.25) is 0 Å². The highest BCUT2D eigenvalue weighted by Crippen LogP contribution is 2.31. The van der Waals surface area contributed by atoms with Crippen LogP contribution in [0.4, 0.5) is 5.88 Å². The van der Waals surface area contributed by atoms with Crippen LogP contribution in [-0.4, -0.2) is 13.1 Å². The van der Waals surface area contributed by atoms with Crippen molar-refractivity contribution in [3.8, 4) is 0 Å². The van der Waals surface area contributed by atoms with E-state index in [1.54, 1.807) is 0 Å². The van der Waals surface area contributed by atoms with E-state index in [9.17, 15) is 0 Å². The minimum Gasteiger partial charge on any atom is -0.440 e. The van der Waals surface area contributed by atoms with E-state index in [-0.39, 0.29) is 0 Å². The van der Waals surface area contributed by atoms with Gasteiger partial charge >= 0.3 is 0 Å². The van der Waals surface area contributed by atoms with Crippen molar-refractivity contribution in [1.82, 2.24) is 0 Å². The molecule has 0 spiro atoms. The van der Waals surface area contributed by atoms with Crippen LogP contribution in [0, 0.1) is 4.51 Å². The molecule has 2 heterocycles. The van der Waals surface area contributed by atoms with Crippen LogP contribution >= 0.6 is 12.2 Å². The van der Waals surface area contributed by atoms with Crippen LogP contribution in [0.15, 0.2) is 46.9 Å². The lowest BCUT2D eigenvalue weighted by molar-refractivity contribution is 0.513. The van der Waals surface area contributed by atoms with Gasteiger partial charge < -0.3 is 9.32 Å². The van der Waals surface area contributed by atoms with Crippen molar-refractivity contribution >= 4 is 39.8 Å². The van der Waals surface area contributed by atoms with Crippen molar-refractivity contribution in [2.24, 2.45) is 0 Å². The zero-order chi connectivity index (χ0) is 14.2. The van der Waals surface area contributed by atoms with Crippen LogP contribution in [-0.2, 0) is 0 Å². The molecule has 0 amide bonds. The quantitative estimate of drug-likeness (QED) is 0.447. The Morgan fingerprint density at radius 2 is 1.76 bits per heavy atom. The van der Waals surface area contributed by atoms with E-state index in [0.717, 1.165) is 34.5 Å². The summed E-state index contributed by atoms with van der Waals surface area (Å²) >= 11 is 5.65. The molecule has 1 aliphatic rings. The van der Waals surface area contributed by atoms with Crippen molar-refractivity contribution < 1.29 is 4.42 Å². The molecule has 1 saturated heterocycles. The second kappa shape index (κ2) is 5.15. The van der Waals surface area contributed by atoms with Gasteiger partial charge in [0.2, 0.25) is 0 Å². The van der Waals surface area contributed by atoms with Crippen molar-refractivity contribution in [1.29, 1.82) is 0 Å². The third kappa shape index (κ3) is 2.22. The molecule has 0 N–H and O–H groups in total. The lowest BCUT2D eigenvalue weighted by Gasteiger charge is -2.27. The van der Waals surface area contributed by atoms with Crippen molar-refractivity contribution in [3.05, 3.63) is 47.0 Å². The Morgan fingerprint density at radius 1 is 0.952 bits per heavy atom. The first-order chi connectivity index (χ1) is 10.3. The highest BCUT2D eigenvalue weighted by Gasteiger charge is 2.14. The lowest BCUT2D eigenvalue weighted by atomic mass is 10.1. The molecule has 1 fully saturated rings. The van der Waals surface area contributed by atoms with E-state index in [0.29, 0.717) is 0 Å². The first-order valence-electron chi connectivity index (χ1n) is 7.53. The monoisotopic (exact) mass is 295 g/mol. The zero-order valence-corrected chi connectivity index (χ0v) is 12.7. The van der Waals surface area contributed by atoms with Crippen LogP contribution in [0.1, 0.15) is 19.3 Å². The summed E-state index contributed by atoms with van der Waals surface area (Å²) in [5, 5.41) is 3.44. The van der Waals surface area contributed by atoms with E-state index >= 15 is 0 Å². The maximum Gasteiger partial charge on any atom is 0.197 e. The fraction of sp³-hybridized carbons (Fsp3) is 0.278. The maximum absolute atomic E-state index is 6.15. The van der Waals surface area contributed by atoms with Crippen molar-refractivity contribution in [2.75, 3.05) is 18.0 Å². The second-order valence-corrected chi connectivity index (χ2v) is 6.10. The average Bonchev–Trinajstić information content (AvgIpc) is 2.55. The number of rotatable bonds is 1. The number of fused-ring (bicyclic) bond motifs is 3. The Hall–Kier alpha value is -1.87. The number of anilines is 1. The summed E-state index contributed by atoms with van der Waals surface area (Å²) in [6.07, 6.45) is 3.78. The number of piperidine rings is 1. The molecular formula is C18H17NOS. The van der Waals surface area contributed by atoms with Gasteiger partial charge in [0.25, 0.3) is 0 Å². The number of benzene rings is 2. The third-order valence-electron chi connectivity index (χ3n) is 4.27. The molecule has 4 rings (SSSR count). The zero-order valence-electron chi connectivity index (χ0n) is 11.8. The van der Waals surface area contributed by atoms with Crippen LogP contribution in [0.5, 0.6) is 0 Å². The second-order valence-electron chi connectivity index (χ2n) is 5.66. The Labute approximate surface area is 129 Å². The smallest absolute Gasteiger partial charge is 0.197 e. The molecule has 0 radical (unpaired) electrons. The van der Waals surface area contributed by atoms with E-state index in [2.05, 4.69) is 35.2 Å². The summed E-state index contributed by atoms with van der Waals surface area (Å²) in [6.45, 7) is 2.13. The van der Waals surface area contributed by atoms with Crippen molar-refractivity contribution in [3.63, 3.8) is 0 Å². The SMILES string of the molecule is S=c1cc(N2CCCCC2)oc2ccc3ccccc3c12. The third-order valence-corrected chi connectivity index (χ3v) is 4.60. The largest absolute Gasteiger partial charge is 0.440 e. The van der Waals surface area contributed by atoms with Gasteiger partial charge in [0.1, 0.15) is 5.58 Å². The molecule has 2 nitrogen and oxygen atoms in total. The molecule has 1 aliphatic heterocycles. The van der Waals surface area contributed by atoms with Gasteiger partial charge in [-0.2, -0.15) is 0 Å². The Balaban J connectivity index is 1.94. The molecule has 3 heteroatoms. The molecule has 0 bridgehead atoms. The van der Waals surface area contributed by atoms with E-state index in [4.69, 9.17) is 16.6 Å². The molecule has 0 atom stereocenters. The molecule has 0 saturated carbocycles. The van der Waals surface area contributed by atoms with Gasteiger partial charge in [-0.15, -0.1) is 0 Å². The summed E-state index contributed by atoms with van der Waals surface area (Å²) in [5.41, 5.74) is 0.891. The minimum atomic E-state index is 0.883. The van der Waals surface area contributed by atoms with E-state index in [1.165, 1.54) is 30.0 Å². The minimum absolute atomic E-state index is 0.883. The fourth-order valence-electron chi connectivity index (χ4n) is 3.19. The lowest BCUT2D eigenvalue weighted by Crippen LogP contribution is -2.29. The molecule has 2 aromatic carbocycles. The summed E-state index contributed by atoms with van der Waals surface area (Å²) in [6, 6.07) is 14.5. The number of nitrogens with zero attached hydrogens (tertiary/aromatic N) is 1. The normalized spacial score (nSPS) is 15.7. The van der Waals surface area contributed by atoms with E-state index < -0.39 is 0 Å². The fourth-order valence-corrected chi connectivity index (χ4v) is 3.50. The van der Waals surface area contributed by atoms with Crippen LogP contribution in [0.3, 0.4) is 0 Å². The van der Waals surface area contributed by atoms with Gasteiger partial charge in [0.15, 0.2) is 5.88 Å². The Kier molecular flexibility index (Phi) is 3.15. The van der Waals surface area contributed by atoms with Crippen molar-refractivity contribution in [2.45, 2.75) is 19.3 Å². The standard InChI is InChI=1S/C18H17NOS/c21-16-12-17(19-10-4-1-5-11-19)20-15-9-8-13-6-2-3-7-14(13)18(15)16/h2-3,6-9,12H,1,4-5,10-11H2. The summed E-state index contributed by atoms with van der Waals surface area (Å²) < 4.78 is 7.03. The van der Waals surface area contributed by atoms with Crippen LogP contribution in [0.25, 0.3) is 21.7 Å². The number of hydrogen-bond donors (Lipinski definition) is 0. The first-order valence-corrected chi connectivity index (χ1v) is 7.94. The van der Waals surface area contributed by atoms with Gasteiger partial charge in [-0.25, -0.2) is 0 Å². The van der Waals surface area contributed by atoms with Crippen LogP contribution < -0.4 is 4.90 Å². The Morgan fingerprint density at radius 3 is 2.62 bits per heavy atom. The van der Waals surface area contributed by atoms with Gasteiger partial charge in [0.05, 0.1) is 4.51 Å². The van der Waals surface area contributed by atoms with E-state index in [1.807, 2.05) is 12.1 Å². The first kappa shape index (κ1) is 12.8. The Bertz CT molecular complexity index is 862. The molecule has 21 heavy (non-hydrogen) atoms. The summed E-state index contributed by atoms with van der Waals surface area (Å²) in [5.74, 6) is 0.919. The van der Waals surface area contributed by atoms with Gasteiger partial charge in [0, 0.05) is 24.5 Å². The highest BCUT2D eigenvalue weighted by atomic mass is 32.1. The predicted molar refractivity (Wildman–Crippen MR) is 90.6 cm³/mol. The molecule has 106 valence electrons. The highest BCUT2D eigenvalue weighted by molar-refractivity contribution is 7.71. The van der Waals surface area contributed by atoms with Gasteiger partial charge in [-0.1, -0.05) is 42.5 Å². The maximum atomic E-state index is 6.15. The topological polar surface area (TPSA) is 16.4 Å². The van der Waals surface area contributed by atoms with Crippen LogP contribution in [0.2, 0.25) is 0 Å². The molecule has 0 aliphatic carbocycles. The molecule has 1 aromatic heterocycles. The average molecular weight is 295 g/mol. The predicted octanol–water partition coefficient (Wildman–Crippen LogP) is 5.31.